The Bertz CT molecular complexity index is 1260. The van der Waals surface area contributed by atoms with E-state index in [1.807, 2.05) is 0 Å². The van der Waals surface area contributed by atoms with Crippen LogP contribution in [0.25, 0.3) is 0 Å². The van der Waals surface area contributed by atoms with Gasteiger partial charge in [0.2, 0.25) is 23.6 Å². The highest BCUT2D eigenvalue weighted by atomic mass is 16.4. The molecule has 0 rings (SSSR count). The van der Waals surface area contributed by atoms with Gasteiger partial charge in [0.15, 0.2) is 0 Å². The van der Waals surface area contributed by atoms with Crippen LogP contribution in [0, 0.1) is 51.8 Å². The van der Waals surface area contributed by atoms with Crippen molar-refractivity contribution in [3.05, 3.63) is 0 Å². The molecule has 0 saturated heterocycles. The van der Waals surface area contributed by atoms with Crippen molar-refractivity contribution >= 4 is 47.5 Å². The molecule has 286 valence electrons. The van der Waals surface area contributed by atoms with Crippen LogP contribution in [0.5, 0.6) is 0 Å². The lowest BCUT2D eigenvalue weighted by Gasteiger charge is -2.41. The van der Waals surface area contributed by atoms with E-state index in [2.05, 4.69) is 0 Å². The van der Waals surface area contributed by atoms with Crippen LogP contribution in [0.1, 0.15) is 112 Å². The monoisotopic (exact) mass is 714 g/mol. The molecule has 0 aromatic rings. The molecule has 16 nitrogen and oxygen atoms in total. The van der Waals surface area contributed by atoms with E-state index in [1.54, 1.807) is 41.5 Å². The van der Waals surface area contributed by atoms with Gasteiger partial charge in [-0.05, 0) is 69.6 Å². The summed E-state index contributed by atoms with van der Waals surface area (Å²) in [5.41, 5.74) is 18.7. The number of carboxylic acids is 4. The van der Waals surface area contributed by atoms with Crippen molar-refractivity contribution in [3.8, 4) is 0 Å². The van der Waals surface area contributed by atoms with Crippen LogP contribution in [-0.2, 0) is 38.4 Å². The van der Waals surface area contributed by atoms with Crippen LogP contribution in [-0.4, -0.2) is 67.9 Å². The Balaban J connectivity index is 7.39. The summed E-state index contributed by atoms with van der Waals surface area (Å²) < 4.78 is 0. The second-order valence-electron chi connectivity index (χ2n) is 14.9. The lowest BCUT2D eigenvalue weighted by atomic mass is 9.62. The second-order valence-corrected chi connectivity index (χ2v) is 14.9. The molecule has 0 aliphatic carbocycles. The normalized spacial score (nSPS) is 17.8. The number of hydrogen-bond donors (Lipinski definition) is 8. The standard InChI is InChI=1S/C34H58N4O12/c1-7-10-33(30(37)49,14-21(28(45)46)12-23(29(47)48)32(4,5)6)16-22(25(36)40)17-34(31(38)50,13-19(9-3)24(35)39)15-20(27(43)44)11-18(8-2)26(41)42/h18-23H,7-17H2,1-6H3,(H2,35,39)(H2,36,40)(H2,37,49)(H2,38,50)(H,41,42)(H,43,44)(H,45,46)(H,47,48). The molecule has 0 aliphatic rings. The van der Waals surface area contributed by atoms with Crippen LogP contribution < -0.4 is 22.9 Å². The van der Waals surface area contributed by atoms with Gasteiger partial charge in [0, 0.05) is 11.8 Å². The van der Waals surface area contributed by atoms with Gasteiger partial charge in [-0.15, -0.1) is 0 Å². The number of hydrogen-bond acceptors (Lipinski definition) is 8. The van der Waals surface area contributed by atoms with Gasteiger partial charge in [-0.25, -0.2) is 0 Å². The maximum atomic E-state index is 13.5. The van der Waals surface area contributed by atoms with Gasteiger partial charge >= 0.3 is 23.9 Å². The van der Waals surface area contributed by atoms with Gasteiger partial charge in [0.1, 0.15) is 0 Å². The summed E-state index contributed by atoms with van der Waals surface area (Å²) in [4.78, 5) is 101. The molecule has 16 heteroatoms. The molecule has 0 bridgehead atoms. The maximum absolute atomic E-state index is 13.5. The smallest absolute Gasteiger partial charge is 0.307 e. The first kappa shape index (κ1) is 45.8. The van der Waals surface area contributed by atoms with E-state index >= 15 is 0 Å². The summed E-state index contributed by atoms with van der Waals surface area (Å²) in [6, 6.07) is 0. The number of amides is 4. The Morgan fingerprint density at radius 1 is 0.500 bits per heavy atom. The minimum absolute atomic E-state index is 0.0554. The van der Waals surface area contributed by atoms with Crippen LogP contribution in [0.15, 0.2) is 0 Å². The fourth-order valence-corrected chi connectivity index (χ4v) is 7.16. The van der Waals surface area contributed by atoms with Crippen LogP contribution in [0.4, 0.5) is 0 Å². The fourth-order valence-electron chi connectivity index (χ4n) is 7.16. The van der Waals surface area contributed by atoms with E-state index in [4.69, 9.17) is 22.9 Å². The van der Waals surface area contributed by atoms with Crippen LogP contribution in [0.2, 0.25) is 0 Å². The highest BCUT2D eigenvalue weighted by Crippen LogP contribution is 2.47. The fraction of sp³-hybridized carbons (Fsp3) is 0.765. The Morgan fingerprint density at radius 2 is 0.860 bits per heavy atom. The van der Waals surface area contributed by atoms with Gasteiger partial charge < -0.3 is 43.4 Å². The number of primary amides is 4. The molecule has 0 spiro atoms. The molecular weight excluding hydrogens is 656 g/mol. The summed E-state index contributed by atoms with van der Waals surface area (Å²) in [5, 5.41) is 39.9. The second kappa shape index (κ2) is 19.2. The van der Waals surface area contributed by atoms with Gasteiger partial charge in [-0.2, -0.15) is 0 Å². The minimum Gasteiger partial charge on any atom is -0.481 e. The minimum atomic E-state index is -1.99. The van der Waals surface area contributed by atoms with Crippen molar-refractivity contribution in [1.29, 1.82) is 0 Å². The van der Waals surface area contributed by atoms with Crippen molar-refractivity contribution < 1.29 is 58.8 Å². The van der Waals surface area contributed by atoms with Crippen LogP contribution in [0.3, 0.4) is 0 Å². The van der Waals surface area contributed by atoms with E-state index in [1.165, 1.54) is 0 Å². The maximum Gasteiger partial charge on any atom is 0.307 e. The van der Waals surface area contributed by atoms with Gasteiger partial charge in [0.25, 0.3) is 0 Å². The predicted octanol–water partition coefficient (Wildman–Crippen LogP) is 2.33. The van der Waals surface area contributed by atoms with E-state index in [9.17, 15) is 58.8 Å². The summed E-state index contributed by atoms with van der Waals surface area (Å²) in [6.45, 7) is 9.70. The van der Waals surface area contributed by atoms with Crippen molar-refractivity contribution in [3.63, 3.8) is 0 Å². The first-order valence-electron chi connectivity index (χ1n) is 16.9. The largest absolute Gasteiger partial charge is 0.481 e. The van der Waals surface area contributed by atoms with E-state index in [-0.39, 0.29) is 32.1 Å². The summed E-state index contributed by atoms with van der Waals surface area (Å²) in [7, 11) is 0. The molecule has 50 heavy (non-hydrogen) atoms. The van der Waals surface area contributed by atoms with E-state index < -0.39 is 138 Å². The number of rotatable bonds is 26. The molecule has 0 heterocycles. The average Bonchev–Trinajstić information content (AvgIpc) is 2.97. The molecule has 0 fully saturated rings. The van der Waals surface area contributed by atoms with Gasteiger partial charge in [-0.1, -0.05) is 48.0 Å². The third kappa shape index (κ3) is 12.9. The van der Waals surface area contributed by atoms with Gasteiger partial charge in [0.05, 0.1) is 34.5 Å². The Labute approximate surface area is 293 Å². The zero-order valence-electron chi connectivity index (χ0n) is 30.1. The van der Waals surface area contributed by atoms with Gasteiger partial charge in [-0.3, -0.25) is 38.4 Å². The van der Waals surface area contributed by atoms with Crippen LogP contribution >= 0.6 is 0 Å². The highest BCUT2D eigenvalue weighted by Gasteiger charge is 2.50. The Hall–Kier alpha value is -4.24. The summed E-state index contributed by atoms with van der Waals surface area (Å²) in [5.74, 6) is -17.0. The Morgan fingerprint density at radius 3 is 1.18 bits per heavy atom. The zero-order chi connectivity index (χ0) is 39.4. The zero-order valence-corrected chi connectivity index (χ0v) is 30.1. The highest BCUT2D eigenvalue weighted by molar-refractivity contribution is 5.87. The number of carbonyl (C=O) groups excluding carboxylic acids is 4. The summed E-state index contributed by atoms with van der Waals surface area (Å²) >= 11 is 0. The first-order valence-corrected chi connectivity index (χ1v) is 16.9. The van der Waals surface area contributed by atoms with Crippen molar-refractivity contribution in [2.45, 2.75) is 112 Å². The number of carbonyl (C=O) groups is 8. The van der Waals surface area contributed by atoms with Crippen molar-refractivity contribution in [2.24, 2.45) is 74.7 Å². The topological polar surface area (TPSA) is 322 Å². The third-order valence-electron chi connectivity index (χ3n) is 10.2. The summed E-state index contributed by atoms with van der Waals surface area (Å²) in [6.07, 6.45) is -3.03. The number of carboxylic acid groups (broad SMARTS) is 4. The molecular formula is C34H58N4O12. The lowest BCUT2D eigenvalue weighted by Crippen LogP contribution is -2.48. The first-order chi connectivity index (χ1) is 22.8. The molecule has 8 unspecified atom stereocenters. The lowest BCUT2D eigenvalue weighted by molar-refractivity contribution is -0.151. The van der Waals surface area contributed by atoms with Crippen molar-refractivity contribution in [2.75, 3.05) is 0 Å². The molecule has 0 aromatic heterocycles. The third-order valence-corrected chi connectivity index (χ3v) is 10.2. The van der Waals surface area contributed by atoms with E-state index in [0.717, 1.165) is 0 Å². The quantitative estimate of drug-likeness (QED) is 0.0640. The molecule has 0 aliphatic heterocycles. The molecule has 8 atom stereocenters. The number of aliphatic carboxylic acids is 4. The molecule has 0 saturated carbocycles. The number of nitrogens with two attached hydrogens (primary N) is 4. The van der Waals surface area contributed by atoms with E-state index in [0.29, 0.717) is 0 Å². The Kier molecular flexibility index (Phi) is 17.6. The molecule has 12 N–H and O–H groups in total. The molecule has 0 aromatic carbocycles. The van der Waals surface area contributed by atoms with Crippen molar-refractivity contribution in [1.82, 2.24) is 0 Å². The molecule has 4 amide bonds. The average molecular weight is 715 g/mol. The SMILES string of the molecule is CCCC(CC(CC(CC(CC)C(N)=O)(CC(CC(CC)C(=O)O)C(=O)O)C(N)=O)C(N)=O)(CC(CC(C(=O)O)C(C)(C)C)C(=O)O)C(N)=O. The molecule has 0 radical (unpaired) electrons. The predicted molar refractivity (Wildman–Crippen MR) is 180 cm³/mol.